The number of amides is 1. The molecular weight excluding hydrogens is 244 g/mol. The Bertz CT molecular complexity index is 379. The van der Waals surface area contributed by atoms with E-state index in [4.69, 9.17) is 5.73 Å². The Kier molecular flexibility index (Phi) is 3.85. The smallest absolute Gasteiger partial charge is 0.329 e. The van der Waals surface area contributed by atoms with Gasteiger partial charge in [0.15, 0.2) is 0 Å². The first-order chi connectivity index (χ1) is 8.93. The van der Waals surface area contributed by atoms with E-state index < -0.39 is 11.5 Å². The Labute approximate surface area is 114 Å². The summed E-state index contributed by atoms with van der Waals surface area (Å²) in [5.41, 5.74) is 4.76. The van der Waals surface area contributed by atoms with Gasteiger partial charge in [0.25, 0.3) is 0 Å². The number of carbonyl (C=O) groups excluding carboxylic acids is 1. The van der Waals surface area contributed by atoms with E-state index in [0.717, 1.165) is 32.1 Å². The van der Waals surface area contributed by atoms with Crippen LogP contribution in [0.3, 0.4) is 0 Å². The zero-order valence-electron chi connectivity index (χ0n) is 11.7. The lowest BCUT2D eigenvalue weighted by Crippen LogP contribution is -2.57. The van der Waals surface area contributed by atoms with Crippen molar-refractivity contribution in [2.24, 2.45) is 5.73 Å². The molecule has 2 aliphatic rings. The summed E-state index contributed by atoms with van der Waals surface area (Å²) >= 11 is 0. The average molecular weight is 268 g/mol. The van der Waals surface area contributed by atoms with Gasteiger partial charge in [0.2, 0.25) is 5.91 Å². The molecule has 2 fully saturated rings. The Hall–Kier alpha value is -1.10. The summed E-state index contributed by atoms with van der Waals surface area (Å²) in [7, 11) is 0. The maximum Gasteiger partial charge on any atom is 0.329 e. The summed E-state index contributed by atoms with van der Waals surface area (Å²) in [5, 5.41) is 9.56. The highest BCUT2D eigenvalue weighted by Gasteiger charge is 2.50. The summed E-state index contributed by atoms with van der Waals surface area (Å²) in [6.45, 7) is 2.52. The number of carboxylic acid groups (broad SMARTS) is 1. The van der Waals surface area contributed by atoms with Crippen molar-refractivity contribution in [3.63, 3.8) is 0 Å². The second-order valence-corrected chi connectivity index (χ2v) is 6.13. The van der Waals surface area contributed by atoms with Gasteiger partial charge in [-0.15, -0.1) is 0 Å². The number of hydrogen-bond donors (Lipinski definition) is 2. The van der Waals surface area contributed by atoms with Gasteiger partial charge in [-0.05, 0) is 38.5 Å². The van der Waals surface area contributed by atoms with Crippen LogP contribution in [0.4, 0.5) is 0 Å². The van der Waals surface area contributed by atoms with Crippen molar-refractivity contribution in [3.8, 4) is 0 Å². The van der Waals surface area contributed by atoms with E-state index in [1.807, 2.05) is 6.92 Å². The van der Waals surface area contributed by atoms with Crippen LogP contribution >= 0.6 is 0 Å². The molecule has 0 spiro atoms. The molecule has 0 aromatic heterocycles. The van der Waals surface area contributed by atoms with Crippen LogP contribution in [0, 0.1) is 0 Å². The highest BCUT2D eigenvalue weighted by atomic mass is 16.4. The minimum absolute atomic E-state index is 0.0736. The summed E-state index contributed by atoms with van der Waals surface area (Å²) in [4.78, 5) is 25.7. The van der Waals surface area contributed by atoms with E-state index in [2.05, 4.69) is 0 Å². The molecule has 19 heavy (non-hydrogen) atoms. The third-order valence-electron chi connectivity index (χ3n) is 4.70. The van der Waals surface area contributed by atoms with Crippen molar-refractivity contribution in [2.75, 3.05) is 6.54 Å². The van der Waals surface area contributed by atoms with Crippen LogP contribution in [-0.4, -0.2) is 39.5 Å². The Morgan fingerprint density at radius 2 is 1.95 bits per heavy atom. The molecule has 2 rings (SSSR count). The van der Waals surface area contributed by atoms with Crippen LogP contribution in [0.25, 0.3) is 0 Å². The van der Waals surface area contributed by atoms with Crippen molar-refractivity contribution in [1.82, 2.24) is 4.90 Å². The minimum Gasteiger partial charge on any atom is -0.479 e. The van der Waals surface area contributed by atoms with Crippen LogP contribution in [-0.2, 0) is 9.59 Å². The maximum absolute atomic E-state index is 12.4. The standard InChI is InChI=1S/C14H24N2O3/c1-2-5-14(12(18)19)8-4-9-16(14)11(17)10-13(15)6-3-7-13/h2-10,15H2,1H3,(H,18,19). The minimum atomic E-state index is -0.980. The lowest BCUT2D eigenvalue weighted by Gasteiger charge is -2.41. The Morgan fingerprint density at radius 3 is 2.42 bits per heavy atom. The number of carbonyl (C=O) groups is 2. The normalized spacial score (nSPS) is 29.1. The summed E-state index contributed by atoms with van der Waals surface area (Å²) < 4.78 is 0. The molecule has 1 saturated heterocycles. The molecule has 1 unspecified atom stereocenters. The van der Waals surface area contributed by atoms with Gasteiger partial charge in [0, 0.05) is 18.5 Å². The molecule has 3 N–H and O–H groups in total. The van der Waals surface area contributed by atoms with Crippen LogP contribution in [0.15, 0.2) is 0 Å². The predicted molar refractivity (Wildman–Crippen MR) is 71.6 cm³/mol. The van der Waals surface area contributed by atoms with E-state index in [1.54, 1.807) is 4.90 Å². The molecule has 1 amide bonds. The van der Waals surface area contributed by atoms with Crippen LogP contribution < -0.4 is 5.73 Å². The first kappa shape index (κ1) is 14.3. The molecule has 1 heterocycles. The van der Waals surface area contributed by atoms with E-state index in [9.17, 15) is 14.7 Å². The highest BCUT2D eigenvalue weighted by Crippen LogP contribution is 2.38. The van der Waals surface area contributed by atoms with Gasteiger partial charge in [-0.1, -0.05) is 13.3 Å². The summed E-state index contributed by atoms with van der Waals surface area (Å²) in [5.74, 6) is -0.935. The fourth-order valence-electron chi connectivity index (χ4n) is 3.45. The Balaban J connectivity index is 2.12. The molecule has 0 aromatic carbocycles. The molecule has 1 atom stereocenters. The van der Waals surface area contributed by atoms with Gasteiger partial charge in [-0.3, -0.25) is 4.79 Å². The molecule has 0 aromatic rings. The van der Waals surface area contributed by atoms with Crippen LogP contribution in [0.2, 0.25) is 0 Å². The van der Waals surface area contributed by atoms with E-state index in [0.29, 0.717) is 25.8 Å². The maximum atomic E-state index is 12.4. The Morgan fingerprint density at radius 1 is 1.26 bits per heavy atom. The topological polar surface area (TPSA) is 83.6 Å². The number of carboxylic acids is 1. The molecule has 1 aliphatic heterocycles. The monoisotopic (exact) mass is 268 g/mol. The van der Waals surface area contributed by atoms with E-state index in [-0.39, 0.29) is 11.4 Å². The van der Waals surface area contributed by atoms with Crippen molar-refractivity contribution >= 4 is 11.9 Å². The van der Waals surface area contributed by atoms with E-state index >= 15 is 0 Å². The van der Waals surface area contributed by atoms with Crippen LogP contribution in [0.5, 0.6) is 0 Å². The molecule has 1 saturated carbocycles. The molecule has 5 nitrogen and oxygen atoms in total. The van der Waals surface area contributed by atoms with Crippen LogP contribution in [0.1, 0.15) is 58.3 Å². The molecular formula is C14H24N2O3. The zero-order chi connectivity index (χ0) is 14.1. The predicted octanol–water partition coefficient (Wildman–Crippen LogP) is 1.50. The lowest BCUT2D eigenvalue weighted by atomic mass is 9.75. The van der Waals surface area contributed by atoms with Crippen molar-refractivity contribution in [2.45, 2.75) is 69.4 Å². The number of rotatable bonds is 5. The van der Waals surface area contributed by atoms with Crippen molar-refractivity contribution < 1.29 is 14.7 Å². The molecule has 1 aliphatic carbocycles. The van der Waals surface area contributed by atoms with Gasteiger partial charge in [-0.25, -0.2) is 4.79 Å². The number of likely N-dealkylation sites (tertiary alicyclic amines) is 1. The molecule has 108 valence electrons. The van der Waals surface area contributed by atoms with Gasteiger partial charge in [0.05, 0.1) is 0 Å². The quantitative estimate of drug-likeness (QED) is 0.791. The fourth-order valence-corrected chi connectivity index (χ4v) is 3.45. The third-order valence-corrected chi connectivity index (χ3v) is 4.70. The van der Waals surface area contributed by atoms with Crippen molar-refractivity contribution in [3.05, 3.63) is 0 Å². The second-order valence-electron chi connectivity index (χ2n) is 6.13. The first-order valence-corrected chi connectivity index (χ1v) is 7.26. The molecule has 5 heteroatoms. The number of aliphatic carboxylic acids is 1. The zero-order valence-corrected chi connectivity index (χ0v) is 11.7. The van der Waals surface area contributed by atoms with Gasteiger partial charge >= 0.3 is 5.97 Å². The van der Waals surface area contributed by atoms with Gasteiger partial charge in [-0.2, -0.15) is 0 Å². The first-order valence-electron chi connectivity index (χ1n) is 7.26. The van der Waals surface area contributed by atoms with E-state index in [1.165, 1.54) is 0 Å². The molecule has 0 radical (unpaired) electrons. The third kappa shape index (κ3) is 2.48. The van der Waals surface area contributed by atoms with Crippen molar-refractivity contribution in [1.29, 1.82) is 0 Å². The van der Waals surface area contributed by atoms with Gasteiger partial charge < -0.3 is 15.7 Å². The summed E-state index contributed by atoms with van der Waals surface area (Å²) in [6.07, 6.45) is 5.76. The fraction of sp³-hybridized carbons (Fsp3) is 0.857. The average Bonchev–Trinajstić information content (AvgIpc) is 2.72. The second kappa shape index (κ2) is 5.12. The number of hydrogen-bond acceptors (Lipinski definition) is 3. The number of nitrogens with two attached hydrogens (primary N) is 1. The molecule has 0 bridgehead atoms. The largest absolute Gasteiger partial charge is 0.479 e. The van der Waals surface area contributed by atoms with Gasteiger partial charge in [0.1, 0.15) is 5.54 Å². The lowest BCUT2D eigenvalue weighted by molar-refractivity contribution is -0.158. The number of nitrogens with zero attached hydrogens (tertiary/aromatic N) is 1. The summed E-state index contributed by atoms with van der Waals surface area (Å²) in [6, 6.07) is 0. The highest BCUT2D eigenvalue weighted by molar-refractivity contribution is 5.88. The SMILES string of the molecule is CCCC1(C(=O)O)CCCN1C(=O)CC1(N)CCC1.